The second-order valence-corrected chi connectivity index (χ2v) is 7.79. The van der Waals surface area contributed by atoms with Crippen molar-refractivity contribution >= 4 is 17.4 Å². The van der Waals surface area contributed by atoms with Crippen LogP contribution in [0.3, 0.4) is 0 Å². The van der Waals surface area contributed by atoms with Crippen molar-refractivity contribution in [3.05, 3.63) is 21.9 Å². The summed E-state index contributed by atoms with van der Waals surface area (Å²) < 4.78 is 5.78. The van der Waals surface area contributed by atoms with Gasteiger partial charge in [0.15, 0.2) is 0 Å². The number of carbonyl (C=O) groups is 1. The van der Waals surface area contributed by atoms with Crippen molar-refractivity contribution in [2.75, 3.05) is 26.2 Å². The Morgan fingerprint density at radius 2 is 2.17 bits per heavy atom. The van der Waals surface area contributed by atoms with Crippen LogP contribution in [-0.2, 0) is 17.7 Å². The highest BCUT2D eigenvalue weighted by Crippen LogP contribution is 2.23. The number of hydrogen-bond acceptors (Lipinski definition) is 4. The number of fused-ring (bicyclic) bond motifs is 1. The number of carbonyl (C=O) groups excluding carboxylic acids is 1. The molecule has 2 amide bonds. The third-order valence-corrected chi connectivity index (χ3v) is 5.74. The van der Waals surface area contributed by atoms with E-state index in [0.29, 0.717) is 12.6 Å². The van der Waals surface area contributed by atoms with Gasteiger partial charge in [-0.15, -0.1) is 11.3 Å². The van der Waals surface area contributed by atoms with Crippen molar-refractivity contribution in [1.82, 2.24) is 15.1 Å². The summed E-state index contributed by atoms with van der Waals surface area (Å²) >= 11 is 1.80. The van der Waals surface area contributed by atoms with Crippen LogP contribution in [0.2, 0.25) is 0 Å². The Kier molecular flexibility index (Phi) is 5.24. The van der Waals surface area contributed by atoms with Crippen molar-refractivity contribution in [2.45, 2.75) is 52.0 Å². The number of amides is 2. The second-order valence-electron chi connectivity index (χ2n) is 6.79. The molecule has 1 aromatic rings. The van der Waals surface area contributed by atoms with Gasteiger partial charge in [-0.2, -0.15) is 0 Å². The van der Waals surface area contributed by atoms with Crippen molar-refractivity contribution in [1.29, 1.82) is 0 Å². The molecule has 6 heteroatoms. The molecule has 1 N–H and O–H groups in total. The fraction of sp³-hybridized carbons (Fsp3) is 0.706. The maximum Gasteiger partial charge on any atom is 0.317 e. The maximum absolute atomic E-state index is 12.4. The van der Waals surface area contributed by atoms with Gasteiger partial charge in [-0.3, -0.25) is 4.90 Å². The SMILES string of the molecule is C[C@@H]1CN([C@@H](C)CNC(=O)N2CCc3sccc3C2)C[C@@H](C)O1. The molecule has 0 unspecified atom stereocenters. The van der Waals surface area contributed by atoms with E-state index in [-0.39, 0.29) is 18.2 Å². The Morgan fingerprint density at radius 1 is 1.43 bits per heavy atom. The first-order valence-corrected chi connectivity index (χ1v) is 9.38. The smallest absolute Gasteiger partial charge is 0.317 e. The molecule has 1 saturated heterocycles. The summed E-state index contributed by atoms with van der Waals surface area (Å²) in [6.07, 6.45) is 1.50. The first-order chi connectivity index (χ1) is 11.0. The van der Waals surface area contributed by atoms with Crippen LogP contribution < -0.4 is 5.32 Å². The van der Waals surface area contributed by atoms with Crippen molar-refractivity contribution < 1.29 is 9.53 Å². The third-order valence-electron chi connectivity index (χ3n) is 4.71. The number of morpholine rings is 1. The molecule has 23 heavy (non-hydrogen) atoms. The number of rotatable bonds is 3. The van der Waals surface area contributed by atoms with E-state index in [1.165, 1.54) is 10.4 Å². The predicted octanol–water partition coefficient (Wildman–Crippen LogP) is 2.31. The molecule has 1 aromatic heterocycles. The number of ether oxygens (including phenoxy) is 1. The van der Waals surface area contributed by atoms with Gasteiger partial charge >= 0.3 is 6.03 Å². The average molecular weight is 337 g/mol. The highest BCUT2D eigenvalue weighted by molar-refractivity contribution is 7.10. The molecule has 2 aliphatic heterocycles. The number of thiophene rings is 1. The Hall–Kier alpha value is -1.11. The van der Waals surface area contributed by atoms with E-state index in [1.54, 1.807) is 11.3 Å². The molecule has 0 aliphatic carbocycles. The minimum atomic E-state index is 0.0584. The lowest BCUT2D eigenvalue weighted by atomic mass is 10.1. The molecule has 0 aromatic carbocycles. The standard InChI is InChI=1S/C17H27N3O2S/c1-12(20-9-13(2)22-14(3)10-20)8-18-17(21)19-6-4-16-15(11-19)5-7-23-16/h5,7,12-14H,4,6,8-11H2,1-3H3,(H,18,21)/t12-,13+,14+/m0/s1. The molecule has 3 rings (SSSR count). The van der Waals surface area contributed by atoms with E-state index in [0.717, 1.165) is 32.6 Å². The second kappa shape index (κ2) is 7.20. The minimum absolute atomic E-state index is 0.0584. The maximum atomic E-state index is 12.4. The third kappa shape index (κ3) is 4.05. The topological polar surface area (TPSA) is 44.8 Å². The van der Waals surface area contributed by atoms with Crippen molar-refractivity contribution in [3.8, 4) is 0 Å². The molecule has 1 fully saturated rings. The van der Waals surface area contributed by atoms with Gasteiger partial charge in [-0.1, -0.05) is 0 Å². The number of hydrogen-bond donors (Lipinski definition) is 1. The lowest BCUT2D eigenvalue weighted by Gasteiger charge is -2.39. The van der Waals surface area contributed by atoms with Crippen LogP contribution in [0, 0.1) is 0 Å². The van der Waals surface area contributed by atoms with Gasteiger partial charge in [-0.25, -0.2) is 4.79 Å². The van der Waals surface area contributed by atoms with Crippen LogP contribution in [0.5, 0.6) is 0 Å². The zero-order valence-corrected chi connectivity index (χ0v) is 15.1. The quantitative estimate of drug-likeness (QED) is 0.921. The Bertz CT molecular complexity index is 538. The largest absolute Gasteiger partial charge is 0.373 e. The van der Waals surface area contributed by atoms with Gasteiger partial charge in [-0.05, 0) is 44.2 Å². The van der Waals surface area contributed by atoms with Crippen LogP contribution in [0.15, 0.2) is 11.4 Å². The Morgan fingerprint density at radius 3 is 2.91 bits per heavy atom. The highest BCUT2D eigenvalue weighted by atomic mass is 32.1. The van der Waals surface area contributed by atoms with Crippen LogP contribution in [-0.4, -0.2) is 60.3 Å². The monoisotopic (exact) mass is 337 g/mol. The predicted molar refractivity (Wildman–Crippen MR) is 92.9 cm³/mol. The zero-order valence-electron chi connectivity index (χ0n) is 14.2. The summed E-state index contributed by atoms with van der Waals surface area (Å²) in [5.74, 6) is 0. The molecule has 0 spiro atoms. The Balaban J connectivity index is 1.47. The van der Waals surface area contributed by atoms with E-state index in [2.05, 4.69) is 42.4 Å². The first kappa shape index (κ1) is 16.7. The van der Waals surface area contributed by atoms with E-state index in [4.69, 9.17) is 4.74 Å². The van der Waals surface area contributed by atoms with Gasteiger partial charge < -0.3 is 15.0 Å². The van der Waals surface area contributed by atoms with Gasteiger partial charge in [0.2, 0.25) is 0 Å². The summed E-state index contributed by atoms with van der Waals surface area (Å²) in [6, 6.07) is 2.52. The lowest BCUT2D eigenvalue weighted by molar-refractivity contribution is -0.0778. The van der Waals surface area contributed by atoms with Crippen LogP contribution in [0.1, 0.15) is 31.2 Å². The molecule has 0 radical (unpaired) electrons. The van der Waals surface area contributed by atoms with E-state index in [1.807, 2.05) is 4.90 Å². The van der Waals surface area contributed by atoms with Crippen LogP contribution in [0.25, 0.3) is 0 Å². The van der Waals surface area contributed by atoms with Crippen molar-refractivity contribution in [3.63, 3.8) is 0 Å². The molecule has 128 valence electrons. The highest BCUT2D eigenvalue weighted by Gasteiger charge is 2.27. The van der Waals surface area contributed by atoms with Crippen LogP contribution >= 0.6 is 11.3 Å². The molecule has 2 aliphatic rings. The van der Waals surface area contributed by atoms with Crippen LogP contribution in [0.4, 0.5) is 4.79 Å². The van der Waals surface area contributed by atoms with Crippen molar-refractivity contribution in [2.24, 2.45) is 0 Å². The van der Waals surface area contributed by atoms with Gasteiger partial charge in [0.1, 0.15) is 0 Å². The summed E-state index contributed by atoms with van der Waals surface area (Å²) in [7, 11) is 0. The fourth-order valence-electron chi connectivity index (χ4n) is 3.48. The van der Waals surface area contributed by atoms with E-state index < -0.39 is 0 Å². The number of nitrogens with one attached hydrogen (secondary N) is 1. The molecule has 0 bridgehead atoms. The minimum Gasteiger partial charge on any atom is -0.373 e. The molecule has 5 nitrogen and oxygen atoms in total. The number of urea groups is 1. The molecular weight excluding hydrogens is 310 g/mol. The normalized spacial score (nSPS) is 26.7. The summed E-state index contributed by atoms with van der Waals surface area (Å²) in [5, 5.41) is 5.23. The summed E-state index contributed by atoms with van der Waals surface area (Å²) in [4.78, 5) is 18.2. The summed E-state index contributed by atoms with van der Waals surface area (Å²) in [5.41, 5.74) is 1.31. The van der Waals surface area contributed by atoms with Gasteiger partial charge in [0.05, 0.1) is 12.2 Å². The molecular formula is C17H27N3O2S. The van der Waals surface area contributed by atoms with Gasteiger partial charge in [0.25, 0.3) is 0 Å². The lowest BCUT2D eigenvalue weighted by Crippen LogP contribution is -2.53. The number of nitrogens with zero attached hydrogens (tertiary/aromatic N) is 2. The zero-order chi connectivity index (χ0) is 16.4. The molecule has 3 atom stereocenters. The van der Waals surface area contributed by atoms with E-state index in [9.17, 15) is 4.79 Å². The molecule has 0 saturated carbocycles. The molecule has 3 heterocycles. The summed E-state index contributed by atoms with van der Waals surface area (Å²) in [6.45, 7) is 10.5. The fourth-order valence-corrected chi connectivity index (χ4v) is 4.36. The van der Waals surface area contributed by atoms with E-state index >= 15 is 0 Å². The Labute approximate surface area is 142 Å². The van der Waals surface area contributed by atoms with Gasteiger partial charge in [0, 0.05) is 43.6 Å². The first-order valence-electron chi connectivity index (χ1n) is 8.50. The average Bonchev–Trinajstić information content (AvgIpc) is 2.98.